The minimum absolute atomic E-state index is 0.424. The molecule has 106 valence electrons. The summed E-state index contributed by atoms with van der Waals surface area (Å²) in [4.78, 5) is 2.42. The van der Waals surface area contributed by atoms with E-state index in [2.05, 4.69) is 66.7 Å². The number of nitrogens with zero attached hydrogens (tertiary/aromatic N) is 1. The molecule has 2 nitrogen and oxygen atoms in total. The van der Waals surface area contributed by atoms with Crippen molar-refractivity contribution in [3.63, 3.8) is 0 Å². The highest BCUT2D eigenvalue weighted by molar-refractivity contribution is 5.83. The zero-order valence-corrected chi connectivity index (χ0v) is 12.5. The van der Waals surface area contributed by atoms with Gasteiger partial charge < -0.3 is 10.2 Å². The SMILES string of the molecule is CC(NC1CCN(C)CC1)c1ccc2ccccc2c1. The van der Waals surface area contributed by atoms with Gasteiger partial charge in [0.15, 0.2) is 0 Å². The second-order valence-electron chi connectivity index (χ2n) is 6.07. The minimum atomic E-state index is 0.424. The molecule has 0 bridgehead atoms. The van der Waals surface area contributed by atoms with Gasteiger partial charge in [0, 0.05) is 12.1 Å². The van der Waals surface area contributed by atoms with Crippen molar-refractivity contribution in [1.29, 1.82) is 0 Å². The highest BCUT2D eigenvalue weighted by atomic mass is 15.1. The highest BCUT2D eigenvalue weighted by Crippen LogP contribution is 2.21. The topological polar surface area (TPSA) is 15.3 Å². The van der Waals surface area contributed by atoms with Crippen molar-refractivity contribution in [3.8, 4) is 0 Å². The maximum absolute atomic E-state index is 3.79. The molecule has 1 heterocycles. The van der Waals surface area contributed by atoms with Crippen LogP contribution >= 0.6 is 0 Å². The fourth-order valence-corrected chi connectivity index (χ4v) is 3.10. The molecule has 2 aromatic carbocycles. The Morgan fingerprint density at radius 1 is 1.05 bits per heavy atom. The van der Waals surface area contributed by atoms with Crippen molar-refractivity contribution in [3.05, 3.63) is 48.0 Å². The molecule has 1 N–H and O–H groups in total. The second-order valence-corrected chi connectivity index (χ2v) is 6.07. The van der Waals surface area contributed by atoms with Crippen LogP contribution in [0.5, 0.6) is 0 Å². The lowest BCUT2D eigenvalue weighted by Crippen LogP contribution is -2.41. The van der Waals surface area contributed by atoms with Crippen molar-refractivity contribution in [2.75, 3.05) is 20.1 Å². The molecule has 1 aliphatic rings. The zero-order chi connectivity index (χ0) is 13.9. The molecular weight excluding hydrogens is 244 g/mol. The van der Waals surface area contributed by atoms with Gasteiger partial charge in [-0.15, -0.1) is 0 Å². The van der Waals surface area contributed by atoms with Gasteiger partial charge in [-0.1, -0.05) is 36.4 Å². The molecule has 0 aliphatic carbocycles. The summed E-state index contributed by atoms with van der Waals surface area (Å²) in [6.07, 6.45) is 2.52. The van der Waals surface area contributed by atoms with E-state index in [-0.39, 0.29) is 0 Å². The standard InChI is InChI=1S/C18H24N2/c1-14(19-18-9-11-20(2)12-10-18)16-8-7-15-5-3-4-6-17(15)13-16/h3-8,13-14,18-19H,9-12H2,1-2H3. The van der Waals surface area contributed by atoms with E-state index in [0.29, 0.717) is 12.1 Å². The van der Waals surface area contributed by atoms with Crippen LogP contribution in [-0.4, -0.2) is 31.1 Å². The number of fused-ring (bicyclic) bond motifs is 1. The second kappa shape index (κ2) is 5.94. The van der Waals surface area contributed by atoms with E-state index in [1.165, 1.54) is 42.3 Å². The molecule has 20 heavy (non-hydrogen) atoms. The average Bonchev–Trinajstić information content (AvgIpc) is 2.49. The van der Waals surface area contributed by atoms with E-state index in [1.54, 1.807) is 0 Å². The summed E-state index contributed by atoms with van der Waals surface area (Å²) in [5, 5.41) is 6.45. The fraction of sp³-hybridized carbons (Fsp3) is 0.444. The van der Waals surface area contributed by atoms with E-state index in [4.69, 9.17) is 0 Å². The van der Waals surface area contributed by atoms with Gasteiger partial charge in [0.1, 0.15) is 0 Å². The number of hydrogen-bond donors (Lipinski definition) is 1. The van der Waals surface area contributed by atoms with Gasteiger partial charge >= 0.3 is 0 Å². The van der Waals surface area contributed by atoms with Crippen LogP contribution in [0.2, 0.25) is 0 Å². The molecule has 1 unspecified atom stereocenters. The monoisotopic (exact) mass is 268 g/mol. The summed E-state index contributed by atoms with van der Waals surface area (Å²) in [7, 11) is 2.21. The smallest absolute Gasteiger partial charge is 0.0294 e. The zero-order valence-electron chi connectivity index (χ0n) is 12.5. The third kappa shape index (κ3) is 3.02. The maximum Gasteiger partial charge on any atom is 0.0294 e. The molecular formula is C18H24N2. The summed E-state index contributed by atoms with van der Waals surface area (Å²) in [6.45, 7) is 4.70. The van der Waals surface area contributed by atoms with Gasteiger partial charge in [-0.05, 0) is 62.3 Å². The summed E-state index contributed by atoms with van der Waals surface area (Å²) in [5.74, 6) is 0. The predicted molar refractivity (Wildman–Crippen MR) is 86.0 cm³/mol. The van der Waals surface area contributed by atoms with E-state index in [1.807, 2.05) is 0 Å². The lowest BCUT2D eigenvalue weighted by Gasteiger charge is -2.31. The van der Waals surface area contributed by atoms with Crippen LogP contribution in [-0.2, 0) is 0 Å². The van der Waals surface area contributed by atoms with Gasteiger partial charge in [-0.25, -0.2) is 0 Å². The predicted octanol–water partition coefficient (Wildman–Crippen LogP) is 3.58. The van der Waals surface area contributed by atoms with Crippen LogP contribution in [0.15, 0.2) is 42.5 Å². The van der Waals surface area contributed by atoms with Crippen molar-refractivity contribution in [2.45, 2.75) is 31.8 Å². The fourth-order valence-electron chi connectivity index (χ4n) is 3.10. The first-order chi connectivity index (χ1) is 9.72. The van der Waals surface area contributed by atoms with Gasteiger partial charge in [-0.3, -0.25) is 0 Å². The van der Waals surface area contributed by atoms with Crippen LogP contribution in [0.3, 0.4) is 0 Å². The first-order valence-corrected chi connectivity index (χ1v) is 7.65. The maximum atomic E-state index is 3.79. The summed E-state index contributed by atoms with van der Waals surface area (Å²) < 4.78 is 0. The van der Waals surface area contributed by atoms with Crippen LogP contribution in [0.1, 0.15) is 31.4 Å². The molecule has 0 saturated carbocycles. The van der Waals surface area contributed by atoms with Crippen molar-refractivity contribution >= 4 is 10.8 Å². The van der Waals surface area contributed by atoms with Gasteiger partial charge in [0.2, 0.25) is 0 Å². The molecule has 1 saturated heterocycles. The molecule has 1 fully saturated rings. The number of hydrogen-bond acceptors (Lipinski definition) is 2. The number of piperidine rings is 1. The van der Waals surface area contributed by atoms with Crippen molar-refractivity contribution < 1.29 is 0 Å². The lowest BCUT2D eigenvalue weighted by molar-refractivity contribution is 0.226. The Labute approximate surface area is 121 Å². The lowest BCUT2D eigenvalue weighted by atomic mass is 10.00. The first-order valence-electron chi connectivity index (χ1n) is 7.65. The van der Waals surface area contributed by atoms with Gasteiger partial charge in [0.25, 0.3) is 0 Å². The Morgan fingerprint density at radius 3 is 2.50 bits per heavy atom. The molecule has 1 atom stereocenters. The van der Waals surface area contributed by atoms with E-state index in [9.17, 15) is 0 Å². The Bertz CT molecular complexity index is 570. The Balaban J connectivity index is 1.70. The molecule has 0 aromatic heterocycles. The molecule has 0 amide bonds. The van der Waals surface area contributed by atoms with Crippen LogP contribution < -0.4 is 5.32 Å². The van der Waals surface area contributed by atoms with E-state index < -0.39 is 0 Å². The quantitative estimate of drug-likeness (QED) is 0.915. The molecule has 3 rings (SSSR count). The normalized spacial score (nSPS) is 19.3. The number of rotatable bonds is 3. The summed E-state index contributed by atoms with van der Waals surface area (Å²) >= 11 is 0. The van der Waals surface area contributed by atoms with Gasteiger partial charge in [0.05, 0.1) is 0 Å². The average molecular weight is 268 g/mol. The van der Waals surface area contributed by atoms with Gasteiger partial charge in [-0.2, -0.15) is 0 Å². The highest BCUT2D eigenvalue weighted by Gasteiger charge is 2.18. The summed E-state index contributed by atoms with van der Waals surface area (Å²) in [6, 6.07) is 16.5. The first kappa shape index (κ1) is 13.6. The van der Waals surface area contributed by atoms with E-state index in [0.717, 1.165) is 0 Å². The Morgan fingerprint density at radius 2 is 1.75 bits per heavy atom. The van der Waals surface area contributed by atoms with E-state index >= 15 is 0 Å². The number of likely N-dealkylation sites (tertiary alicyclic amines) is 1. The Kier molecular flexibility index (Phi) is 4.04. The molecule has 0 radical (unpaired) electrons. The molecule has 1 aliphatic heterocycles. The third-order valence-electron chi connectivity index (χ3n) is 4.48. The Hall–Kier alpha value is -1.38. The van der Waals surface area contributed by atoms with Crippen LogP contribution in [0, 0.1) is 0 Å². The largest absolute Gasteiger partial charge is 0.307 e. The summed E-state index contributed by atoms with van der Waals surface area (Å²) in [5.41, 5.74) is 1.39. The molecule has 0 spiro atoms. The third-order valence-corrected chi connectivity index (χ3v) is 4.48. The van der Waals surface area contributed by atoms with Crippen molar-refractivity contribution in [2.24, 2.45) is 0 Å². The van der Waals surface area contributed by atoms with Crippen LogP contribution in [0.25, 0.3) is 10.8 Å². The van der Waals surface area contributed by atoms with Crippen LogP contribution in [0.4, 0.5) is 0 Å². The molecule has 2 heteroatoms. The minimum Gasteiger partial charge on any atom is -0.307 e. The van der Waals surface area contributed by atoms with Crippen molar-refractivity contribution in [1.82, 2.24) is 10.2 Å². The number of nitrogens with one attached hydrogen (secondary N) is 1. The molecule has 2 aromatic rings. The number of benzene rings is 2.